The van der Waals surface area contributed by atoms with Gasteiger partial charge in [-0.25, -0.2) is 9.59 Å². The van der Waals surface area contributed by atoms with Gasteiger partial charge in [-0.1, -0.05) is 0 Å². The fourth-order valence-corrected chi connectivity index (χ4v) is 1.28. The molecule has 0 bridgehead atoms. The number of urea groups is 1. The quantitative estimate of drug-likeness (QED) is 0.511. The topological polar surface area (TPSA) is 110 Å². The molecule has 0 aromatic rings. The van der Waals surface area contributed by atoms with Gasteiger partial charge in [-0.05, 0) is 20.8 Å². The van der Waals surface area contributed by atoms with Crippen LogP contribution in [0.3, 0.4) is 0 Å². The molecule has 0 aliphatic carbocycles. The van der Waals surface area contributed by atoms with E-state index in [1.165, 1.54) is 27.8 Å². The van der Waals surface area contributed by atoms with Crippen molar-refractivity contribution in [2.45, 2.75) is 38.5 Å². The lowest BCUT2D eigenvalue weighted by Gasteiger charge is -2.27. The van der Waals surface area contributed by atoms with Crippen molar-refractivity contribution in [3.8, 4) is 0 Å². The number of hydrogen-bond donors (Lipinski definition) is 4. The van der Waals surface area contributed by atoms with Gasteiger partial charge in [0.25, 0.3) is 0 Å². The Bertz CT molecular complexity index is 285. The summed E-state index contributed by atoms with van der Waals surface area (Å²) < 4.78 is 0. The van der Waals surface area contributed by atoms with Gasteiger partial charge in [-0.3, -0.25) is 0 Å². The number of rotatable bonds is 5. The Morgan fingerprint density at radius 2 is 1.88 bits per heavy atom. The fraction of sp³-hybridized carbons (Fsp3) is 0.800. The van der Waals surface area contributed by atoms with Crippen molar-refractivity contribution >= 4 is 12.0 Å². The molecule has 4 N–H and O–H groups in total. The number of aliphatic hydroxyl groups excluding tert-OH is 1. The van der Waals surface area contributed by atoms with Gasteiger partial charge >= 0.3 is 12.0 Å². The van der Waals surface area contributed by atoms with Crippen LogP contribution in [0.5, 0.6) is 0 Å². The number of hydrogen-bond acceptors (Lipinski definition) is 4. The van der Waals surface area contributed by atoms with Gasteiger partial charge in [-0.2, -0.15) is 0 Å². The van der Waals surface area contributed by atoms with Crippen LogP contribution in [0.2, 0.25) is 0 Å². The van der Waals surface area contributed by atoms with Crippen LogP contribution in [0.15, 0.2) is 0 Å². The van der Waals surface area contributed by atoms with Gasteiger partial charge in [0.2, 0.25) is 0 Å². The molecule has 0 rings (SSSR count). The van der Waals surface area contributed by atoms with Crippen molar-refractivity contribution in [1.82, 2.24) is 10.2 Å². The minimum absolute atomic E-state index is 0.0466. The smallest absolute Gasteiger partial charge is 0.328 e. The highest BCUT2D eigenvalue weighted by Gasteiger charge is 2.27. The Kier molecular flexibility index (Phi) is 5.37. The summed E-state index contributed by atoms with van der Waals surface area (Å²) in [5.41, 5.74) is -1.07. The number of aliphatic carboxylic acids is 1. The highest BCUT2D eigenvalue weighted by molar-refractivity contribution is 5.82. The van der Waals surface area contributed by atoms with Gasteiger partial charge in [0.1, 0.15) is 0 Å². The molecule has 0 saturated carbocycles. The van der Waals surface area contributed by atoms with E-state index in [4.69, 9.17) is 5.11 Å². The summed E-state index contributed by atoms with van der Waals surface area (Å²) in [5, 5.41) is 29.6. The summed E-state index contributed by atoms with van der Waals surface area (Å²) in [6.07, 6.45) is -1.20. The Labute approximate surface area is 100 Å². The number of aliphatic hydroxyl groups is 2. The first-order valence-corrected chi connectivity index (χ1v) is 5.19. The predicted octanol–water partition coefficient (Wildman–Crippen LogP) is -0.767. The second-order valence-corrected chi connectivity index (χ2v) is 4.67. The molecule has 17 heavy (non-hydrogen) atoms. The number of likely N-dealkylation sites (N-methyl/N-ethyl adjacent to an activating group) is 1. The number of nitrogens with zero attached hydrogens (tertiary/aromatic N) is 1. The van der Waals surface area contributed by atoms with E-state index >= 15 is 0 Å². The van der Waals surface area contributed by atoms with E-state index in [1.54, 1.807) is 0 Å². The first-order valence-electron chi connectivity index (χ1n) is 5.19. The summed E-state index contributed by atoms with van der Waals surface area (Å²) >= 11 is 0. The van der Waals surface area contributed by atoms with Crippen LogP contribution in [0.25, 0.3) is 0 Å². The largest absolute Gasteiger partial charge is 0.480 e. The third-order valence-electron chi connectivity index (χ3n) is 2.00. The summed E-state index contributed by atoms with van der Waals surface area (Å²) in [6, 6.07) is -2.04. The number of nitrogens with one attached hydrogen (secondary N) is 1. The van der Waals surface area contributed by atoms with Gasteiger partial charge in [0, 0.05) is 7.05 Å². The van der Waals surface area contributed by atoms with Gasteiger partial charge in [-0.15, -0.1) is 0 Å². The van der Waals surface area contributed by atoms with E-state index in [1.807, 2.05) is 0 Å². The zero-order chi connectivity index (χ0) is 13.8. The number of carboxylic acids is 1. The highest BCUT2D eigenvalue weighted by Crippen LogP contribution is 2.04. The molecule has 0 aromatic carbocycles. The molecule has 100 valence electrons. The molecule has 0 aliphatic rings. The van der Waals surface area contributed by atoms with Crippen LogP contribution in [-0.4, -0.2) is 63.6 Å². The van der Waals surface area contributed by atoms with Crippen LogP contribution in [0.1, 0.15) is 20.8 Å². The molecule has 0 saturated heterocycles. The maximum absolute atomic E-state index is 11.6. The average molecular weight is 248 g/mol. The minimum Gasteiger partial charge on any atom is -0.480 e. The van der Waals surface area contributed by atoms with Crippen LogP contribution in [0, 0.1) is 0 Å². The van der Waals surface area contributed by atoms with Gasteiger partial charge < -0.3 is 25.5 Å². The molecule has 2 atom stereocenters. The van der Waals surface area contributed by atoms with Crippen LogP contribution < -0.4 is 5.32 Å². The number of carboxylic acid groups (broad SMARTS) is 1. The van der Waals surface area contributed by atoms with Crippen molar-refractivity contribution < 1.29 is 24.9 Å². The molecule has 7 heteroatoms. The molecule has 7 nitrogen and oxygen atoms in total. The second kappa shape index (κ2) is 5.83. The molecular formula is C10H20N2O5. The van der Waals surface area contributed by atoms with E-state index in [0.29, 0.717) is 0 Å². The summed E-state index contributed by atoms with van der Waals surface area (Å²) in [4.78, 5) is 23.5. The maximum atomic E-state index is 11.6. The Morgan fingerprint density at radius 3 is 2.18 bits per heavy atom. The zero-order valence-corrected chi connectivity index (χ0v) is 10.5. The van der Waals surface area contributed by atoms with Crippen LogP contribution in [0.4, 0.5) is 4.79 Å². The van der Waals surface area contributed by atoms with Crippen molar-refractivity contribution in [2.24, 2.45) is 0 Å². The normalized spacial score (nSPS) is 14.9. The molecule has 2 unspecified atom stereocenters. The third kappa shape index (κ3) is 6.08. The van der Waals surface area contributed by atoms with Crippen molar-refractivity contribution in [3.05, 3.63) is 0 Å². The van der Waals surface area contributed by atoms with Crippen molar-refractivity contribution in [2.75, 3.05) is 13.6 Å². The average Bonchev–Trinajstić information content (AvgIpc) is 2.09. The first kappa shape index (κ1) is 15.7. The molecule has 0 heterocycles. The molecule has 0 fully saturated rings. The molecule has 0 radical (unpaired) electrons. The maximum Gasteiger partial charge on any atom is 0.328 e. The second-order valence-electron chi connectivity index (χ2n) is 4.67. The van der Waals surface area contributed by atoms with E-state index in [0.717, 1.165) is 4.90 Å². The van der Waals surface area contributed by atoms with Crippen LogP contribution >= 0.6 is 0 Å². The monoisotopic (exact) mass is 248 g/mol. The summed E-state index contributed by atoms with van der Waals surface area (Å²) in [5.74, 6) is -1.31. The van der Waals surface area contributed by atoms with E-state index in [9.17, 15) is 19.8 Å². The van der Waals surface area contributed by atoms with Gasteiger partial charge in [0.05, 0.1) is 18.2 Å². The molecule has 0 spiro atoms. The molecular weight excluding hydrogens is 228 g/mol. The Morgan fingerprint density at radius 1 is 1.41 bits per heavy atom. The SMILES string of the molecule is CC(O)C(NC(=O)N(C)CC(C)(C)O)C(=O)O. The first-order chi connectivity index (χ1) is 7.54. The van der Waals surface area contributed by atoms with E-state index < -0.39 is 29.7 Å². The van der Waals surface area contributed by atoms with E-state index in [2.05, 4.69) is 5.32 Å². The number of carbonyl (C=O) groups is 2. The molecule has 0 aromatic heterocycles. The molecule has 0 aliphatic heterocycles. The van der Waals surface area contributed by atoms with Crippen LogP contribution in [-0.2, 0) is 4.79 Å². The lowest BCUT2D eigenvalue weighted by Crippen LogP contribution is -2.53. The number of amides is 2. The Balaban J connectivity index is 4.47. The fourth-order valence-electron chi connectivity index (χ4n) is 1.28. The lowest BCUT2D eigenvalue weighted by molar-refractivity contribution is -0.141. The highest BCUT2D eigenvalue weighted by atomic mass is 16.4. The van der Waals surface area contributed by atoms with E-state index in [-0.39, 0.29) is 6.54 Å². The number of carbonyl (C=O) groups excluding carboxylic acids is 1. The standard InChI is InChI=1S/C10H20N2O5/c1-6(13)7(8(14)15)11-9(16)12(4)5-10(2,3)17/h6-7,13,17H,5H2,1-4H3,(H,11,16)(H,14,15). The predicted molar refractivity (Wildman–Crippen MR) is 60.6 cm³/mol. The van der Waals surface area contributed by atoms with Gasteiger partial charge in [0.15, 0.2) is 6.04 Å². The summed E-state index contributed by atoms with van der Waals surface area (Å²) in [6.45, 7) is 4.38. The summed E-state index contributed by atoms with van der Waals surface area (Å²) in [7, 11) is 1.42. The lowest BCUT2D eigenvalue weighted by atomic mass is 10.1. The Hall–Kier alpha value is -1.34. The zero-order valence-electron chi connectivity index (χ0n) is 10.5. The van der Waals surface area contributed by atoms with Crippen molar-refractivity contribution in [1.29, 1.82) is 0 Å². The third-order valence-corrected chi connectivity index (χ3v) is 2.00. The van der Waals surface area contributed by atoms with Crippen molar-refractivity contribution in [3.63, 3.8) is 0 Å². The minimum atomic E-state index is -1.37. The molecule has 2 amide bonds.